The Hall–Kier alpha value is -0.120. The summed E-state index contributed by atoms with van der Waals surface area (Å²) in [6.07, 6.45) is 3.51. The Labute approximate surface area is 86.4 Å². The van der Waals surface area contributed by atoms with E-state index in [0.29, 0.717) is 12.5 Å². The van der Waals surface area contributed by atoms with E-state index in [4.69, 9.17) is 9.47 Å². The van der Waals surface area contributed by atoms with Gasteiger partial charge in [0.05, 0.1) is 5.60 Å². The Morgan fingerprint density at radius 2 is 2.21 bits per heavy atom. The summed E-state index contributed by atoms with van der Waals surface area (Å²) in [5.41, 5.74) is -0.533. The first kappa shape index (κ1) is 12.0. The fraction of sp³-hybridized carbons (Fsp3) is 1.00. The molecule has 0 aliphatic carbocycles. The average molecular weight is 202 g/mol. The van der Waals surface area contributed by atoms with Crippen molar-refractivity contribution in [3.8, 4) is 0 Å². The summed E-state index contributed by atoms with van der Waals surface area (Å²) in [5.74, 6) is 0.296. The molecule has 1 heterocycles. The highest BCUT2D eigenvalue weighted by molar-refractivity contribution is 4.85. The molecule has 14 heavy (non-hydrogen) atoms. The van der Waals surface area contributed by atoms with Gasteiger partial charge in [-0.2, -0.15) is 0 Å². The maximum Gasteiger partial charge on any atom is 0.0696 e. The molecule has 0 aromatic carbocycles. The predicted octanol–water partition coefficient (Wildman–Crippen LogP) is 1.59. The Kier molecular flexibility index (Phi) is 4.85. The number of methoxy groups -OCH3 is 1. The van der Waals surface area contributed by atoms with Gasteiger partial charge in [-0.15, -0.1) is 0 Å². The number of hydrogen-bond acceptors (Lipinski definition) is 3. The minimum absolute atomic E-state index is 0.296. The van der Waals surface area contributed by atoms with Crippen molar-refractivity contribution in [2.75, 3.05) is 26.9 Å². The minimum Gasteiger partial charge on any atom is -0.390 e. The second-order valence-corrected chi connectivity index (χ2v) is 4.25. The molecule has 0 bridgehead atoms. The van der Waals surface area contributed by atoms with Crippen LogP contribution in [0.3, 0.4) is 0 Å². The molecule has 1 rings (SSSR count). The van der Waals surface area contributed by atoms with E-state index in [-0.39, 0.29) is 0 Å². The van der Waals surface area contributed by atoms with E-state index >= 15 is 0 Å². The lowest BCUT2D eigenvalue weighted by atomic mass is 9.81. The van der Waals surface area contributed by atoms with Crippen LogP contribution in [0, 0.1) is 5.92 Å². The molecule has 1 fully saturated rings. The van der Waals surface area contributed by atoms with Gasteiger partial charge in [0.2, 0.25) is 0 Å². The molecule has 0 amide bonds. The smallest absolute Gasteiger partial charge is 0.0696 e. The molecule has 1 saturated heterocycles. The molecule has 2 atom stereocenters. The van der Waals surface area contributed by atoms with Crippen molar-refractivity contribution in [2.45, 2.75) is 38.2 Å². The van der Waals surface area contributed by atoms with Crippen LogP contribution < -0.4 is 0 Å². The average Bonchev–Trinajstić information content (AvgIpc) is 2.40. The van der Waals surface area contributed by atoms with Crippen LogP contribution in [0.15, 0.2) is 0 Å². The monoisotopic (exact) mass is 202 g/mol. The summed E-state index contributed by atoms with van der Waals surface area (Å²) in [7, 11) is 1.70. The lowest BCUT2D eigenvalue weighted by Crippen LogP contribution is -2.37. The summed E-state index contributed by atoms with van der Waals surface area (Å²) in [6.45, 7) is 4.31. The van der Waals surface area contributed by atoms with Gasteiger partial charge in [-0.3, -0.25) is 0 Å². The SMILES string of the molecule is COCCC(C)C1(O)CCCOCC1. The summed E-state index contributed by atoms with van der Waals surface area (Å²) in [4.78, 5) is 0. The van der Waals surface area contributed by atoms with E-state index < -0.39 is 5.60 Å². The van der Waals surface area contributed by atoms with Gasteiger partial charge < -0.3 is 14.6 Å². The summed E-state index contributed by atoms with van der Waals surface area (Å²) in [5, 5.41) is 10.4. The number of rotatable bonds is 4. The third kappa shape index (κ3) is 3.23. The van der Waals surface area contributed by atoms with Gasteiger partial charge in [0.25, 0.3) is 0 Å². The molecule has 1 aliphatic rings. The van der Waals surface area contributed by atoms with Gasteiger partial charge in [-0.25, -0.2) is 0 Å². The second-order valence-electron chi connectivity index (χ2n) is 4.25. The second kappa shape index (κ2) is 5.69. The highest BCUT2D eigenvalue weighted by Crippen LogP contribution is 2.31. The van der Waals surface area contributed by atoms with Crippen molar-refractivity contribution in [1.29, 1.82) is 0 Å². The van der Waals surface area contributed by atoms with Crippen LogP contribution in [0.4, 0.5) is 0 Å². The van der Waals surface area contributed by atoms with Gasteiger partial charge in [0.1, 0.15) is 0 Å². The Morgan fingerprint density at radius 1 is 1.43 bits per heavy atom. The highest BCUT2D eigenvalue weighted by atomic mass is 16.5. The van der Waals surface area contributed by atoms with Gasteiger partial charge in [0, 0.05) is 26.9 Å². The standard InChI is InChI=1S/C11H22O3/c1-10(4-8-13-2)11(12)5-3-7-14-9-6-11/h10,12H,3-9H2,1-2H3. The topological polar surface area (TPSA) is 38.7 Å². The zero-order valence-electron chi connectivity index (χ0n) is 9.29. The van der Waals surface area contributed by atoms with Gasteiger partial charge >= 0.3 is 0 Å². The first-order valence-corrected chi connectivity index (χ1v) is 5.48. The fourth-order valence-electron chi connectivity index (χ4n) is 2.01. The molecule has 0 saturated carbocycles. The third-order valence-corrected chi connectivity index (χ3v) is 3.25. The third-order valence-electron chi connectivity index (χ3n) is 3.25. The van der Waals surface area contributed by atoms with Crippen molar-refractivity contribution in [2.24, 2.45) is 5.92 Å². The molecule has 2 unspecified atom stereocenters. The van der Waals surface area contributed by atoms with Gasteiger partial charge in [-0.1, -0.05) is 6.92 Å². The lowest BCUT2D eigenvalue weighted by Gasteiger charge is -2.32. The lowest BCUT2D eigenvalue weighted by molar-refractivity contribution is -0.0380. The van der Waals surface area contributed by atoms with E-state index in [0.717, 1.165) is 38.9 Å². The molecule has 3 nitrogen and oxygen atoms in total. The zero-order valence-corrected chi connectivity index (χ0v) is 9.29. The number of hydrogen-bond donors (Lipinski definition) is 1. The summed E-state index contributed by atoms with van der Waals surface area (Å²) in [6, 6.07) is 0. The molecule has 3 heteroatoms. The zero-order chi connectivity index (χ0) is 10.4. The van der Waals surface area contributed by atoms with Crippen LogP contribution >= 0.6 is 0 Å². The summed E-state index contributed by atoms with van der Waals surface area (Å²) < 4.78 is 10.4. The molecule has 1 aliphatic heterocycles. The Balaban J connectivity index is 2.43. The Morgan fingerprint density at radius 3 is 2.93 bits per heavy atom. The van der Waals surface area contributed by atoms with Crippen molar-refractivity contribution >= 4 is 0 Å². The minimum atomic E-state index is -0.533. The molecule has 0 aromatic heterocycles. The van der Waals surface area contributed by atoms with E-state index in [2.05, 4.69) is 6.92 Å². The molecule has 84 valence electrons. The molecule has 1 N–H and O–H groups in total. The van der Waals surface area contributed by atoms with Crippen molar-refractivity contribution in [1.82, 2.24) is 0 Å². The van der Waals surface area contributed by atoms with Gasteiger partial charge in [-0.05, 0) is 31.6 Å². The number of ether oxygens (including phenoxy) is 2. The number of aliphatic hydroxyl groups is 1. The van der Waals surface area contributed by atoms with Crippen LogP contribution in [0.2, 0.25) is 0 Å². The van der Waals surface area contributed by atoms with Crippen molar-refractivity contribution in [3.05, 3.63) is 0 Å². The normalized spacial score (nSPS) is 31.1. The summed E-state index contributed by atoms with van der Waals surface area (Å²) >= 11 is 0. The molecule has 0 aromatic rings. The van der Waals surface area contributed by atoms with Crippen LogP contribution in [0.5, 0.6) is 0 Å². The molecular formula is C11H22O3. The first-order chi connectivity index (χ1) is 6.69. The van der Waals surface area contributed by atoms with Crippen LogP contribution in [-0.2, 0) is 9.47 Å². The molecule has 0 spiro atoms. The van der Waals surface area contributed by atoms with E-state index in [1.165, 1.54) is 0 Å². The first-order valence-electron chi connectivity index (χ1n) is 5.48. The maximum absolute atomic E-state index is 10.4. The van der Waals surface area contributed by atoms with Crippen molar-refractivity contribution < 1.29 is 14.6 Å². The van der Waals surface area contributed by atoms with Crippen LogP contribution in [0.25, 0.3) is 0 Å². The van der Waals surface area contributed by atoms with E-state index in [9.17, 15) is 5.11 Å². The fourth-order valence-corrected chi connectivity index (χ4v) is 2.01. The predicted molar refractivity (Wildman–Crippen MR) is 55.3 cm³/mol. The quantitative estimate of drug-likeness (QED) is 0.752. The largest absolute Gasteiger partial charge is 0.390 e. The van der Waals surface area contributed by atoms with Crippen molar-refractivity contribution in [3.63, 3.8) is 0 Å². The molecule has 0 radical (unpaired) electrons. The highest BCUT2D eigenvalue weighted by Gasteiger charge is 2.33. The van der Waals surface area contributed by atoms with Crippen LogP contribution in [-0.4, -0.2) is 37.6 Å². The maximum atomic E-state index is 10.4. The molecular weight excluding hydrogens is 180 g/mol. The Bertz CT molecular complexity index is 151. The van der Waals surface area contributed by atoms with E-state index in [1.54, 1.807) is 7.11 Å². The van der Waals surface area contributed by atoms with Crippen LogP contribution in [0.1, 0.15) is 32.6 Å². The van der Waals surface area contributed by atoms with E-state index in [1.807, 2.05) is 0 Å². The van der Waals surface area contributed by atoms with Gasteiger partial charge in [0.15, 0.2) is 0 Å².